The third-order valence-corrected chi connectivity index (χ3v) is 5.46. The van der Waals surface area contributed by atoms with Gasteiger partial charge in [-0.1, -0.05) is 57.2 Å². The molecule has 206 valence electrons. The molecule has 0 atom stereocenters. The summed E-state index contributed by atoms with van der Waals surface area (Å²) in [5.74, 6) is -0.600. The molecular weight excluding hydrogens is 487 g/mol. The van der Waals surface area contributed by atoms with E-state index in [1.165, 1.54) is 44.2 Å². The lowest BCUT2D eigenvalue weighted by Gasteiger charge is -2.13. The fourth-order valence-corrected chi connectivity index (χ4v) is 3.50. The van der Waals surface area contributed by atoms with Gasteiger partial charge in [-0.15, -0.1) is 0 Å². The Hall–Kier alpha value is -2.62. The predicted octanol–water partition coefficient (Wildman–Crippen LogP) is 7.02. The first kappa shape index (κ1) is 30.6. The molecule has 9 heteroatoms. The largest absolute Gasteiger partial charge is 0.460 e. The highest BCUT2D eigenvalue weighted by Gasteiger charge is 2.30. The summed E-state index contributed by atoms with van der Waals surface area (Å²) in [5, 5.41) is 2.86. The monoisotopic (exact) mass is 525 g/mol. The van der Waals surface area contributed by atoms with Crippen molar-refractivity contribution in [3.05, 3.63) is 59.7 Å². The predicted molar refractivity (Wildman–Crippen MR) is 137 cm³/mol. The lowest BCUT2D eigenvalue weighted by atomic mass is 10.1. The lowest BCUT2D eigenvalue weighted by Crippen LogP contribution is -2.15. The fourth-order valence-electron chi connectivity index (χ4n) is 3.50. The van der Waals surface area contributed by atoms with Crippen molar-refractivity contribution >= 4 is 17.3 Å². The highest BCUT2D eigenvalue weighted by molar-refractivity contribution is 5.96. The van der Waals surface area contributed by atoms with Crippen LogP contribution >= 0.6 is 0 Å². The van der Waals surface area contributed by atoms with Gasteiger partial charge in [0.15, 0.2) is 0 Å². The first-order chi connectivity index (χ1) is 17.9. The molecule has 0 aromatic heterocycles. The molecule has 0 bridgehead atoms. The van der Waals surface area contributed by atoms with E-state index in [0.717, 1.165) is 25.2 Å². The van der Waals surface area contributed by atoms with Crippen LogP contribution < -0.4 is 5.32 Å². The van der Waals surface area contributed by atoms with Crippen LogP contribution in [0.15, 0.2) is 48.5 Å². The van der Waals surface area contributed by atoms with E-state index in [1.54, 1.807) is 24.3 Å². The van der Waals surface area contributed by atoms with Crippen molar-refractivity contribution in [1.82, 2.24) is 0 Å². The molecule has 0 fully saturated rings. The SMILES string of the molecule is CCCCCCCCOCCOCCOCCOC(=O)c1ccccc1Nc1cccc(C(F)(F)F)c1. The number of hydrogen-bond acceptors (Lipinski definition) is 6. The van der Waals surface area contributed by atoms with E-state index in [9.17, 15) is 18.0 Å². The number of hydrogen-bond donors (Lipinski definition) is 1. The molecule has 2 aromatic rings. The molecule has 0 saturated heterocycles. The molecule has 0 aliphatic heterocycles. The number of halogens is 3. The van der Waals surface area contributed by atoms with Gasteiger partial charge in [0.2, 0.25) is 0 Å². The molecular formula is C28H38F3NO5. The van der Waals surface area contributed by atoms with Crippen molar-refractivity contribution in [2.75, 3.05) is 51.6 Å². The number of benzene rings is 2. The summed E-state index contributed by atoms with van der Waals surface area (Å²) < 4.78 is 60.6. The Morgan fingerprint density at radius 2 is 1.38 bits per heavy atom. The maximum atomic E-state index is 13.0. The summed E-state index contributed by atoms with van der Waals surface area (Å²) in [4.78, 5) is 12.5. The van der Waals surface area contributed by atoms with Gasteiger partial charge in [0.25, 0.3) is 0 Å². The Labute approximate surface area is 217 Å². The van der Waals surface area contributed by atoms with Crippen LogP contribution in [0.5, 0.6) is 0 Å². The highest BCUT2D eigenvalue weighted by atomic mass is 19.4. The van der Waals surface area contributed by atoms with Gasteiger partial charge >= 0.3 is 12.1 Å². The first-order valence-corrected chi connectivity index (χ1v) is 12.9. The topological polar surface area (TPSA) is 66.0 Å². The van der Waals surface area contributed by atoms with Gasteiger partial charge in [-0.2, -0.15) is 13.2 Å². The number of esters is 1. The Bertz CT molecular complexity index is 907. The van der Waals surface area contributed by atoms with Crippen LogP contribution in [0, 0.1) is 0 Å². The van der Waals surface area contributed by atoms with E-state index in [1.807, 2.05) is 0 Å². The van der Waals surface area contributed by atoms with Crippen LogP contribution in [-0.2, 0) is 25.1 Å². The molecule has 2 rings (SSSR count). The normalized spacial score (nSPS) is 11.5. The molecule has 2 aromatic carbocycles. The van der Waals surface area contributed by atoms with Crippen LogP contribution in [0.2, 0.25) is 0 Å². The second kappa shape index (κ2) is 17.8. The standard InChI is InChI=1S/C28H38F3NO5/c1-2-3-4-5-6-9-15-34-16-17-35-18-19-36-20-21-37-27(33)25-13-7-8-14-26(25)32-24-12-10-11-23(22-24)28(29,30)31/h7-8,10-14,22,32H,2-6,9,15-21H2,1H3. The third kappa shape index (κ3) is 13.0. The van der Waals surface area contributed by atoms with Gasteiger partial charge in [-0.3, -0.25) is 0 Å². The molecule has 0 heterocycles. The van der Waals surface area contributed by atoms with E-state index in [-0.39, 0.29) is 24.5 Å². The summed E-state index contributed by atoms with van der Waals surface area (Å²) in [6.45, 7) is 5.05. The van der Waals surface area contributed by atoms with Crippen molar-refractivity contribution in [2.24, 2.45) is 0 Å². The molecule has 6 nitrogen and oxygen atoms in total. The minimum Gasteiger partial charge on any atom is -0.460 e. The van der Waals surface area contributed by atoms with Crippen LogP contribution in [0.1, 0.15) is 61.4 Å². The summed E-state index contributed by atoms with van der Waals surface area (Å²) in [5.41, 5.74) is -0.00495. The number of carbonyl (C=O) groups is 1. The maximum Gasteiger partial charge on any atom is 0.416 e. The number of ether oxygens (including phenoxy) is 4. The van der Waals surface area contributed by atoms with Crippen LogP contribution in [0.25, 0.3) is 0 Å². The summed E-state index contributed by atoms with van der Waals surface area (Å²) in [6, 6.07) is 11.2. The van der Waals surface area contributed by atoms with E-state index in [0.29, 0.717) is 32.1 Å². The number of unbranched alkanes of at least 4 members (excludes halogenated alkanes) is 5. The molecule has 0 saturated carbocycles. The van der Waals surface area contributed by atoms with Gasteiger partial charge in [-0.05, 0) is 36.8 Å². The van der Waals surface area contributed by atoms with Gasteiger partial charge in [0, 0.05) is 12.3 Å². The molecule has 0 aliphatic carbocycles. The molecule has 37 heavy (non-hydrogen) atoms. The smallest absolute Gasteiger partial charge is 0.416 e. The van der Waals surface area contributed by atoms with Crippen molar-refractivity contribution < 1.29 is 36.9 Å². The average molecular weight is 526 g/mol. The van der Waals surface area contributed by atoms with Gasteiger partial charge < -0.3 is 24.3 Å². The minimum atomic E-state index is -4.46. The highest BCUT2D eigenvalue weighted by Crippen LogP contribution is 2.32. The van der Waals surface area contributed by atoms with Crippen LogP contribution in [-0.4, -0.2) is 52.2 Å². The fraction of sp³-hybridized carbons (Fsp3) is 0.536. The zero-order valence-electron chi connectivity index (χ0n) is 21.5. The minimum absolute atomic E-state index is 0.0398. The molecule has 0 amide bonds. The van der Waals surface area contributed by atoms with E-state index in [4.69, 9.17) is 18.9 Å². The van der Waals surface area contributed by atoms with E-state index in [2.05, 4.69) is 12.2 Å². The van der Waals surface area contributed by atoms with Crippen molar-refractivity contribution in [3.8, 4) is 0 Å². The average Bonchev–Trinajstić information content (AvgIpc) is 2.88. The quantitative estimate of drug-likeness (QED) is 0.157. The van der Waals surface area contributed by atoms with Crippen LogP contribution in [0.4, 0.5) is 24.5 Å². The first-order valence-electron chi connectivity index (χ1n) is 12.9. The van der Waals surface area contributed by atoms with Gasteiger partial charge in [0.1, 0.15) is 6.61 Å². The Balaban J connectivity index is 1.58. The molecule has 0 aliphatic rings. The Morgan fingerprint density at radius 3 is 2.08 bits per heavy atom. The molecule has 0 unspecified atom stereocenters. The summed E-state index contributed by atoms with van der Waals surface area (Å²) >= 11 is 0. The van der Waals surface area contributed by atoms with Gasteiger partial charge in [0.05, 0.1) is 49.8 Å². The zero-order chi connectivity index (χ0) is 26.8. The van der Waals surface area contributed by atoms with Crippen LogP contribution in [0.3, 0.4) is 0 Å². The Kier molecular flexibility index (Phi) is 14.7. The number of nitrogens with one attached hydrogen (secondary N) is 1. The number of rotatable bonds is 19. The second-order valence-electron chi connectivity index (χ2n) is 8.49. The van der Waals surface area contributed by atoms with Crippen molar-refractivity contribution in [3.63, 3.8) is 0 Å². The number of anilines is 2. The zero-order valence-corrected chi connectivity index (χ0v) is 21.5. The number of alkyl halides is 3. The molecule has 1 N–H and O–H groups in total. The third-order valence-electron chi connectivity index (χ3n) is 5.46. The molecule has 0 spiro atoms. The van der Waals surface area contributed by atoms with E-state index >= 15 is 0 Å². The summed E-state index contributed by atoms with van der Waals surface area (Å²) in [6.07, 6.45) is 2.95. The Morgan fingerprint density at radius 1 is 0.757 bits per heavy atom. The summed E-state index contributed by atoms with van der Waals surface area (Å²) in [7, 11) is 0. The second-order valence-corrected chi connectivity index (χ2v) is 8.49. The maximum absolute atomic E-state index is 13.0. The number of carbonyl (C=O) groups excluding carboxylic acids is 1. The lowest BCUT2D eigenvalue weighted by molar-refractivity contribution is -0.137. The number of para-hydroxylation sites is 1. The van der Waals surface area contributed by atoms with E-state index < -0.39 is 17.7 Å². The van der Waals surface area contributed by atoms with Gasteiger partial charge in [-0.25, -0.2) is 4.79 Å². The van der Waals surface area contributed by atoms with Crippen molar-refractivity contribution in [2.45, 2.75) is 51.6 Å². The molecule has 0 radical (unpaired) electrons. The van der Waals surface area contributed by atoms with Crippen molar-refractivity contribution in [1.29, 1.82) is 0 Å².